The number of nitrogens with one attached hydrogen (secondary N) is 1. The highest BCUT2D eigenvalue weighted by molar-refractivity contribution is 5.94. The molecule has 1 aliphatic heterocycles. The van der Waals surface area contributed by atoms with Crippen LogP contribution in [0, 0.1) is 15.5 Å². The Morgan fingerprint density at radius 2 is 2.00 bits per heavy atom. The molecule has 1 aliphatic rings. The van der Waals surface area contributed by atoms with Gasteiger partial charge in [0.1, 0.15) is 5.41 Å². The van der Waals surface area contributed by atoms with Gasteiger partial charge in [-0.1, -0.05) is 0 Å². The Kier molecular flexibility index (Phi) is 7.05. The number of carbonyl (C=O) groups is 3. The number of nitro groups is 1. The summed E-state index contributed by atoms with van der Waals surface area (Å²) >= 11 is 0. The quantitative estimate of drug-likeness (QED) is 0.497. The summed E-state index contributed by atoms with van der Waals surface area (Å²) < 4.78 is 5.04. The molecule has 1 fully saturated rings. The van der Waals surface area contributed by atoms with E-state index < -0.39 is 22.2 Å². The number of carbonyl (C=O) groups excluding carboxylic acids is 2. The summed E-state index contributed by atoms with van der Waals surface area (Å²) in [6.45, 7) is 0.650. The summed E-state index contributed by atoms with van der Waals surface area (Å²) in [5.74, 6) is -1.68. The topological polar surface area (TPSA) is 139 Å². The summed E-state index contributed by atoms with van der Waals surface area (Å²) in [5.41, 5.74) is -0.971. The molecule has 1 aromatic rings. The lowest BCUT2D eigenvalue weighted by atomic mass is 9.80. The van der Waals surface area contributed by atoms with Crippen molar-refractivity contribution in [3.63, 3.8) is 0 Å². The highest BCUT2D eigenvalue weighted by Crippen LogP contribution is 2.31. The fourth-order valence-corrected chi connectivity index (χ4v) is 3.25. The van der Waals surface area contributed by atoms with Gasteiger partial charge in [0.05, 0.1) is 11.5 Å². The van der Waals surface area contributed by atoms with Gasteiger partial charge in [-0.2, -0.15) is 0 Å². The summed E-state index contributed by atoms with van der Waals surface area (Å²) in [5, 5.41) is 22.7. The maximum absolute atomic E-state index is 12.4. The molecule has 2 amide bonds. The molecule has 0 aromatic heterocycles. The fraction of sp³-hybridized carbons (Fsp3) is 0.500. The van der Waals surface area contributed by atoms with Crippen molar-refractivity contribution >= 4 is 23.5 Å². The lowest BCUT2D eigenvalue weighted by Crippen LogP contribution is -2.52. The average Bonchev–Trinajstić information content (AvgIpc) is 2.68. The van der Waals surface area contributed by atoms with Crippen molar-refractivity contribution in [1.82, 2.24) is 10.2 Å². The van der Waals surface area contributed by atoms with Gasteiger partial charge in [0.15, 0.2) is 0 Å². The van der Waals surface area contributed by atoms with Crippen LogP contribution in [-0.2, 0) is 14.3 Å². The molecular weight excluding hydrogens is 370 g/mol. The number of benzene rings is 1. The number of rotatable bonds is 8. The van der Waals surface area contributed by atoms with Crippen LogP contribution >= 0.6 is 0 Å². The van der Waals surface area contributed by atoms with Crippen molar-refractivity contribution in [1.29, 1.82) is 0 Å². The largest absolute Gasteiger partial charge is 0.481 e. The number of piperidine rings is 1. The van der Waals surface area contributed by atoms with Crippen LogP contribution in [0.2, 0.25) is 0 Å². The summed E-state index contributed by atoms with van der Waals surface area (Å²) in [7, 11) is 1.43. The molecule has 2 N–H and O–H groups in total. The smallest absolute Gasteiger partial charge is 0.313 e. The Bertz CT molecular complexity index is 746. The number of ether oxygens (including phenoxy) is 1. The minimum Gasteiger partial charge on any atom is -0.481 e. The van der Waals surface area contributed by atoms with E-state index in [4.69, 9.17) is 4.74 Å². The number of carboxylic acids is 1. The Hall–Kier alpha value is -3.01. The van der Waals surface area contributed by atoms with Crippen molar-refractivity contribution < 1.29 is 29.2 Å². The van der Waals surface area contributed by atoms with Gasteiger partial charge in [0, 0.05) is 50.9 Å². The van der Waals surface area contributed by atoms with Crippen LogP contribution in [0.3, 0.4) is 0 Å². The lowest BCUT2D eigenvalue weighted by molar-refractivity contribution is -0.384. The normalized spacial score (nSPS) is 19.1. The standard InChI is InChI=1S/C18H23N3O7/c1-28-12-18(17(24)25)8-2-10-20(11-18)15(22)7-9-19-16(23)13-3-5-14(6-4-13)21(26)27/h3-6H,2,7-12H2,1H3,(H,19,23)(H,24,25). The minimum absolute atomic E-state index is 0.0292. The van der Waals surface area contributed by atoms with Crippen molar-refractivity contribution in [2.75, 3.05) is 33.4 Å². The molecule has 0 aliphatic carbocycles. The van der Waals surface area contributed by atoms with E-state index in [2.05, 4.69) is 5.32 Å². The second-order valence-electron chi connectivity index (χ2n) is 6.75. The third-order valence-electron chi connectivity index (χ3n) is 4.77. The molecule has 10 heteroatoms. The number of hydrogen-bond donors (Lipinski definition) is 2. The Morgan fingerprint density at radius 1 is 1.32 bits per heavy atom. The molecule has 1 unspecified atom stereocenters. The number of nitrogens with zero attached hydrogens (tertiary/aromatic N) is 2. The zero-order valence-corrected chi connectivity index (χ0v) is 15.6. The molecule has 0 bridgehead atoms. The molecule has 2 rings (SSSR count). The SMILES string of the molecule is COCC1(C(=O)O)CCCN(C(=O)CCNC(=O)c2ccc([N+](=O)[O-])cc2)C1. The Morgan fingerprint density at radius 3 is 2.57 bits per heavy atom. The highest BCUT2D eigenvalue weighted by atomic mass is 16.6. The predicted octanol–water partition coefficient (Wildman–Crippen LogP) is 1.05. The molecule has 1 atom stereocenters. The first-order chi connectivity index (χ1) is 13.3. The Balaban J connectivity index is 1.86. The first-order valence-electron chi connectivity index (χ1n) is 8.82. The van der Waals surface area contributed by atoms with E-state index in [1.165, 1.54) is 36.3 Å². The van der Waals surface area contributed by atoms with Gasteiger partial charge in [-0.25, -0.2) is 0 Å². The van der Waals surface area contributed by atoms with E-state index in [0.717, 1.165) is 0 Å². The molecule has 28 heavy (non-hydrogen) atoms. The predicted molar refractivity (Wildman–Crippen MR) is 97.8 cm³/mol. The molecule has 1 aromatic carbocycles. The third-order valence-corrected chi connectivity index (χ3v) is 4.77. The number of aliphatic carboxylic acids is 1. The van der Waals surface area contributed by atoms with Gasteiger partial charge in [-0.3, -0.25) is 24.5 Å². The van der Waals surface area contributed by atoms with E-state index in [-0.39, 0.29) is 43.3 Å². The van der Waals surface area contributed by atoms with E-state index in [1.54, 1.807) is 0 Å². The molecule has 1 heterocycles. The van der Waals surface area contributed by atoms with Crippen molar-refractivity contribution in [2.24, 2.45) is 5.41 Å². The first-order valence-corrected chi connectivity index (χ1v) is 8.82. The van der Waals surface area contributed by atoms with Crippen LogP contribution in [0.1, 0.15) is 29.6 Å². The minimum atomic E-state index is -1.11. The molecule has 0 spiro atoms. The molecule has 1 saturated heterocycles. The van der Waals surface area contributed by atoms with E-state index in [9.17, 15) is 29.6 Å². The number of hydrogen-bond acceptors (Lipinski definition) is 6. The van der Waals surface area contributed by atoms with E-state index >= 15 is 0 Å². The fourth-order valence-electron chi connectivity index (χ4n) is 3.25. The lowest BCUT2D eigenvalue weighted by Gasteiger charge is -2.39. The van der Waals surface area contributed by atoms with Gasteiger partial charge < -0.3 is 20.1 Å². The van der Waals surface area contributed by atoms with Crippen molar-refractivity contribution in [3.8, 4) is 0 Å². The van der Waals surface area contributed by atoms with Crippen molar-refractivity contribution in [2.45, 2.75) is 19.3 Å². The van der Waals surface area contributed by atoms with Gasteiger partial charge in [-0.05, 0) is 25.0 Å². The maximum atomic E-state index is 12.4. The number of methoxy groups -OCH3 is 1. The van der Waals surface area contributed by atoms with Crippen LogP contribution in [0.15, 0.2) is 24.3 Å². The zero-order chi connectivity index (χ0) is 20.7. The van der Waals surface area contributed by atoms with Gasteiger partial charge in [0.25, 0.3) is 11.6 Å². The molecule has 0 radical (unpaired) electrons. The summed E-state index contributed by atoms with van der Waals surface area (Å²) in [6, 6.07) is 5.14. The van der Waals surface area contributed by atoms with Crippen molar-refractivity contribution in [3.05, 3.63) is 39.9 Å². The van der Waals surface area contributed by atoms with Crippen LogP contribution in [0.5, 0.6) is 0 Å². The molecule has 152 valence electrons. The monoisotopic (exact) mass is 393 g/mol. The second-order valence-corrected chi connectivity index (χ2v) is 6.75. The van der Waals surface area contributed by atoms with Gasteiger partial charge in [0.2, 0.25) is 5.91 Å². The number of carboxylic acid groups (broad SMARTS) is 1. The van der Waals surface area contributed by atoms with Crippen LogP contribution < -0.4 is 5.32 Å². The van der Waals surface area contributed by atoms with Crippen LogP contribution in [0.25, 0.3) is 0 Å². The van der Waals surface area contributed by atoms with E-state index in [0.29, 0.717) is 19.4 Å². The number of likely N-dealkylation sites (tertiary alicyclic amines) is 1. The third kappa shape index (κ3) is 5.03. The Labute approximate surface area is 161 Å². The summed E-state index contributed by atoms with van der Waals surface area (Å²) in [6.07, 6.45) is 1.04. The summed E-state index contributed by atoms with van der Waals surface area (Å²) in [4.78, 5) is 47.7. The number of non-ortho nitro benzene ring substituents is 1. The van der Waals surface area contributed by atoms with Gasteiger partial charge in [-0.15, -0.1) is 0 Å². The number of amides is 2. The first kappa shape index (κ1) is 21.3. The zero-order valence-electron chi connectivity index (χ0n) is 15.6. The molecule has 10 nitrogen and oxygen atoms in total. The highest BCUT2D eigenvalue weighted by Gasteiger charge is 2.43. The van der Waals surface area contributed by atoms with Gasteiger partial charge >= 0.3 is 5.97 Å². The maximum Gasteiger partial charge on any atom is 0.313 e. The van der Waals surface area contributed by atoms with E-state index in [1.807, 2.05) is 0 Å². The average molecular weight is 393 g/mol. The second kappa shape index (κ2) is 9.27. The van der Waals surface area contributed by atoms with Crippen LogP contribution in [-0.4, -0.2) is 66.1 Å². The number of nitro benzene ring substituents is 1. The molecular formula is C18H23N3O7. The van der Waals surface area contributed by atoms with Crippen LogP contribution in [0.4, 0.5) is 5.69 Å². The molecule has 0 saturated carbocycles.